The molecule has 0 bridgehead atoms. The van der Waals surface area contributed by atoms with Crippen molar-refractivity contribution in [1.82, 2.24) is 14.5 Å². The highest BCUT2D eigenvalue weighted by molar-refractivity contribution is 6.06. The van der Waals surface area contributed by atoms with Gasteiger partial charge in [0.1, 0.15) is 35.8 Å². The van der Waals surface area contributed by atoms with E-state index in [1.165, 1.54) is 13.8 Å². The maximum Gasteiger partial charge on any atom is 0.326 e. The number of esters is 2. The van der Waals surface area contributed by atoms with Crippen molar-refractivity contribution in [2.24, 2.45) is 0 Å². The Balaban J connectivity index is 2.56. The Labute approximate surface area is 151 Å². The van der Waals surface area contributed by atoms with Crippen LogP contribution in [-0.2, 0) is 32.2 Å². The second-order valence-corrected chi connectivity index (χ2v) is 7.01. The van der Waals surface area contributed by atoms with E-state index < -0.39 is 17.5 Å². The van der Waals surface area contributed by atoms with Crippen molar-refractivity contribution in [2.45, 2.75) is 60.3 Å². The van der Waals surface area contributed by atoms with Gasteiger partial charge < -0.3 is 14.0 Å². The second kappa shape index (κ2) is 7.23. The van der Waals surface area contributed by atoms with Crippen LogP contribution in [0.4, 0.5) is 0 Å². The third-order valence-corrected chi connectivity index (χ3v) is 3.41. The Hall–Kier alpha value is -2.77. The van der Waals surface area contributed by atoms with E-state index in [9.17, 15) is 14.4 Å². The van der Waals surface area contributed by atoms with Gasteiger partial charge in [-0.15, -0.1) is 0 Å². The number of hydrogen-bond acceptors (Lipinski definition) is 7. The molecule has 8 heteroatoms. The Morgan fingerprint density at radius 1 is 1.15 bits per heavy atom. The average molecular weight is 361 g/mol. The maximum absolute atomic E-state index is 12.2. The molecule has 2 rings (SSSR count). The summed E-state index contributed by atoms with van der Waals surface area (Å²) in [4.78, 5) is 44.1. The van der Waals surface area contributed by atoms with Gasteiger partial charge >= 0.3 is 11.9 Å². The van der Waals surface area contributed by atoms with Crippen LogP contribution in [0.25, 0.3) is 11.0 Å². The van der Waals surface area contributed by atoms with E-state index in [1.54, 1.807) is 38.5 Å². The molecule has 26 heavy (non-hydrogen) atoms. The molecule has 0 aliphatic carbocycles. The molecule has 0 saturated heterocycles. The summed E-state index contributed by atoms with van der Waals surface area (Å²) < 4.78 is 12.0. The van der Waals surface area contributed by atoms with Crippen LogP contribution in [0.3, 0.4) is 0 Å². The van der Waals surface area contributed by atoms with Crippen LogP contribution < -0.4 is 0 Å². The molecule has 0 atom stereocenters. The van der Waals surface area contributed by atoms with Crippen molar-refractivity contribution >= 4 is 28.8 Å². The summed E-state index contributed by atoms with van der Waals surface area (Å²) in [6.45, 7) is 9.55. The molecule has 0 aliphatic rings. The zero-order valence-corrected chi connectivity index (χ0v) is 15.9. The summed E-state index contributed by atoms with van der Waals surface area (Å²) in [6, 6.07) is 0. The predicted molar refractivity (Wildman–Crippen MR) is 93.6 cm³/mol. The number of ketones is 1. The summed E-state index contributed by atoms with van der Waals surface area (Å²) in [5.41, 5.74) is 1.08. The third kappa shape index (κ3) is 4.65. The number of rotatable bonds is 5. The van der Waals surface area contributed by atoms with Crippen LogP contribution in [0.5, 0.6) is 0 Å². The minimum atomic E-state index is -0.628. The topological polar surface area (TPSA) is 100 Å². The lowest BCUT2D eigenvalue weighted by molar-refractivity contribution is -0.155. The lowest BCUT2D eigenvalue weighted by Crippen LogP contribution is -2.26. The predicted octanol–water partition coefficient (Wildman–Crippen LogP) is 2.35. The van der Waals surface area contributed by atoms with Crippen LogP contribution in [0.15, 0.2) is 6.20 Å². The highest BCUT2D eigenvalue weighted by Gasteiger charge is 2.22. The Bertz CT molecular complexity index is 877. The average Bonchev–Trinajstić information content (AvgIpc) is 2.81. The quantitative estimate of drug-likeness (QED) is 0.595. The van der Waals surface area contributed by atoms with Gasteiger partial charge in [-0.1, -0.05) is 0 Å². The minimum absolute atomic E-state index is 0.0785. The first kappa shape index (κ1) is 19.6. The number of fused-ring (bicyclic) bond motifs is 1. The monoisotopic (exact) mass is 361 g/mol. The summed E-state index contributed by atoms with van der Waals surface area (Å²) in [5.74, 6) is -0.651. The van der Waals surface area contributed by atoms with E-state index in [0.29, 0.717) is 28.1 Å². The van der Waals surface area contributed by atoms with E-state index in [-0.39, 0.29) is 18.9 Å². The van der Waals surface area contributed by atoms with Gasteiger partial charge in [0.15, 0.2) is 5.78 Å². The zero-order valence-electron chi connectivity index (χ0n) is 15.9. The molecule has 2 aromatic heterocycles. The van der Waals surface area contributed by atoms with Crippen molar-refractivity contribution in [2.75, 3.05) is 0 Å². The number of nitrogens with zero attached hydrogens (tertiary/aromatic N) is 3. The van der Waals surface area contributed by atoms with E-state index in [0.717, 1.165) is 0 Å². The zero-order chi connectivity index (χ0) is 19.6. The van der Waals surface area contributed by atoms with Crippen LogP contribution in [-0.4, -0.2) is 37.9 Å². The van der Waals surface area contributed by atoms with E-state index in [1.807, 2.05) is 0 Å². The molecule has 2 aromatic rings. The van der Waals surface area contributed by atoms with Gasteiger partial charge in [-0.25, -0.2) is 9.97 Å². The molecule has 0 fully saturated rings. The smallest absolute Gasteiger partial charge is 0.326 e. The summed E-state index contributed by atoms with van der Waals surface area (Å²) >= 11 is 0. The molecule has 0 amide bonds. The highest BCUT2D eigenvalue weighted by atomic mass is 16.6. The Morgan fingerprint density at radius 3 is 2.35 bits per heavy atom. The molecular weight excluding hydrogens is 338 g/mol. The largest absolute Gasteiger partial charge is 0.459 e. The van der Waals surface area contributed by atoms with E-state index in [2.05, 4.69) is 9.97 Å². The SMILES string of the molecule is CC(=O)OCc1nc(C)nc2c(C(C)=O)cn(CC(=O)OC(C)(C)C)c12. The molecule has 8 nitrogen and oxygen atoms in total. The van der Waals surface area contributed by atoms with E-state index >= 15 is 0 Å². The first-order chi connectivity index (χ1) is 12.0. The van der Waals surface area contributed by atoms with Gasteiger partial charge in [0.25, 0.3) is 0 Å². The van der Waals surface area contributed by atoms with Crippen molar-refractivity contribution in [1.29, 1.82) is 0 Å². The third-order valence-electron chi connectivity index (χ3n) is 3.41. The lowest BCUT2D eigenvalue weighted by atomic mass is 10.2. The summed E-state index contributed by atoms with van der Waals surface area (Å²) in [5, 5.41) is 0. The molecule has 0 aliphatic heterocycles. The van der Waals surface area contributed by atoms with Gasteiger partial charge in [0.2, 0.25) is 0 Å². The number of ether oxygens (including phenoxy) is 2. The molecule has 2 heterocycles. The second-order valence-electron chi connectivity index (χ2n) is 7.01. The van der Waals surface area contributed by atoms with Gasteiger partial charge in [-0.3, -0.25) is 14.4 Å². The van der Waals surface area contributed by atoms with Crippen LogP contribution in [0.2, 0.25) is 0 Å². The molecule has 0 radical (unpaired) electrons. The molecule has 0 saturated carbocycles. The number of carbonyl (C=O) groups excluding carboxylic acids is 3. The minimum Gasteiger partial charge on any atom is -0.459 e. The molecule has 0 N–H and O–H groups in total. The fourth-order valence-corrected chi connectivity index (χ4v) is 2.56. The van der Waals surface area contributed by atoms with Gasteiger partial charge in [-0.05, 0) is 34.6 Å². The molecule has 0 aromatic carbocycles. The van der Waals surface area contributed by atoms with Crippen LogP contribution in [0.1, 0.15) is 56.5 Å². The standard InChI is InChI=1S/C18H23N3O5/c1-10(22)13-7-21(8-15(24)26-18(4,5)6)17-14(9-25-12(3)23)19-11(2)20-16(13)17/h7H,8-9H2,1-6H3. The summed E-state index contributed by atoms with van der Waals surface area (Å²) in [7, 11) is 0. The molecule has 140 valence electrons. The summed E-state index contributed by atoms with van der Waals surface area (Å²) in [6.07, 6.45) is 1.56. The molecular formula is C18H23N3O5. The van der Waals surface area contributed by atoms with Crippen molar-refractivity contribution in [3.8, 4) is 0 Å². The number of carbonyl (C=O) groups is 3. The fourth-order valence-electron chi connectivity index (χ4n) is 2.56. The maximum atomic E-state index is 12.2. The van der Waals surface area contributed by atoms with Crippen molar-refractivity contribution in [3.63, 3.8) is 0 Å². The Kier molecular flexibility index (Phi) is 5.44. The lowest BCUT2D eigenvalue weighted by Gasteiger charge is -2.20. The first-order valence-electron chi connectivity index (χ1n) is 8.20. The van der Waals surface area contributed by atoms with Crippen molar-refractivity contribution in [3.05, 3.63) is 23.3 Å². The van der Waals surface area contributed by atoms with Gasteiger partial charge in [0, 0.05) is 13.1 Å². The van der Waals surface area contributed by atoms with Crippen molar-refractivity contribution < 1.29 is 23.9 Å². The molecule has 0 unspecified atom stereocenters. The highest BCUT2D eigenvalue weighted by Crippen LogP contribution is 2.24. The normalized spacial score (nSPS) is 11.5. The number of hydrogen-bond donors (Lipinski definition) is 0. The first-order valence-corrected chi connectivity index (χ1v) is 8.20. The van der Waals surface area contributed by atoms with E-state index in [4.69, 9.17) is 9.47 Å². The van der Waals surface area contributed by atoms with Crippen LogP contribution in [0, 0.1) is 6.92 Å². The van der Waals surface area contributed by atoms with Gasteiger partial charge in [-0.2, -0.15) is 0 Å². The van der Waals surface area contributed by atoms with Crippen LogP contribution >= 0.6 is 0 Å². The Morgan fingerprint density at radius 2 is 1.81 bits per heavy atom. The number of aromatic nitrogens is 3. The number of Topliss-reactive ketones (excluding diaryl/α,β-unsaturated/α-hetero) is 1. The number of aryl methyl sites for hydroxylation is 1. The van der Waals surface area contributed by atoms with Gasteiger partial charge in [0.05, 0.1) is 11.1 Å². The fraction of sp³-hybridized carbons (Fsp3) is 0.500. The molecule has 0 spiro atoms.